The zero-order valence-corrected chi connectivity index (χ0v) is 17.1. The van der Waals surface area contributed by atoms with Crippen molar-refractivity contribution in [3.63, 3.8) is 0 Å². The average molecular weight is 389 g/mol. The third kappa shape index (κ3) is 3.79. The van der Waals surface area contributed by atoms with E-state index in [0.29, 0.717) is 31.8 Å². The van der Waals surface area contributed by atoms with Crippen LogP contribution in [-0.4, -0.2) is 47.0 Å². The van der Waals surface area contributed by atoms with Gasteiger partial charge in [0.2, 0.25) is 0 Å². The molecule has 2 atom stereocenters. The van der Waals surface area contributed by atoms with Crippen LogP contribution in [0.1, 0.15) is 64.9 Å². The Morgan fingerprint density at radius 3 is 2.39 bits per heavy atom. The van der Waals surface area contributed by atoms with Crippen LogP contribution in [0.2, 0.25) is 0 Å². The van der Waals surface area contributed by atoms with Gasteiger partial charge in [0.25, 0.3) is 0 Å². The van der Waals surface area contributed by atoms with Crippen molar-refractivity contribution >= 4 is 6.09 Å². The van der Waals surface area contributed by atoms with Crippen molar-refractivity contribution in [3.05, 3.63) is 23.8 Å². The standard InChI is InChI=1S/C22H31NO5/c1-21(2,3)28-20(24)23-16-6-4-7-17(23)14-22(25,13-16)15-8-9-18-19(12-15)27-11-5-10-26-18/h8-9,12,16-17,25H,4-7,10-11,13-14H2,1-3H3. The molecule has 3 aliphatic rings. The molecule has 2 bridgehead atoms. The van der Waals surface area contributed by atoms with Gasteiger partial charge >= 0.3 is 6.09 Å². The predicted molar refractivity (Wildman–Crippen MR) is 105 cm³/mol. The highest BCUT2D eigenvalue weighted by Gasteiger charge is 2.49. The summed E-state index contributed by atoms with van der Waals surface area (Å²) in [5.41, 5.74) is -0.649. The molecule has 2 fully saturated rings. The Hall–Kier alpha value is -1.95. The molecule has 0 radical (unpaired) electrons. The molecule has 1 amide bonds. The molecule has 3 aliphatic heterocycles. The van der Waals surface area contributed by atoms with Gasteiger partial charge in [0.05, 0.1) is 18.8 Å². The van der Waals surface area contributed by atoms with E-state index in [0.717, 1.165) is 37.0 Å². The lowest BCUT2D eigenvalue weighted by Gasteiger charge is -2.51. The number of hydrogen-bond acceptors (Lipinski definition) is 5. The highest BCUT2D eigenvalue weighted by molar-refractivity contribution is 5.69. The van der Waals surface area contributed by atoms with Gasteiger partial charge in [0.1, 0.15) is 5.60 Å². The molecule has 28 heavy (non-hydrogen) atoms. The van der Waals surface area contributed by atoms with Crippen molar-refractivity contribution < 1.29 is 24.1 Å². The maximum atomic E-state index is 12.8. The zero-order valence-electron chi connectivity index (χ0n) is 17.1. The largest absolute Gasteiger partial charge is 0.490 e. The zero-order chi connectivity index (χ0) is 19.9. The van der Waals surface area contributed by atoms with E-state index in [1.807, 2.05) is 43.9 Å². The summed E-state index contributed by atoms with van der Waals surface area (Å²) in [6.45, 7) is 6.92. The summed E-state index contributed by atoms with van der Waals surface area (Å²) in [7, 11) is 0. The lowest BCUT2D eigenvalue weighted by atomic mass is 9.72. The van der Waals surface area contributed by atoms with Gasteiger partial charge in [-0.05, 0) is 57.7 Å². The fourth-order valence-electron chi connectivity index (χ4n) is 4.73. The van der Waals surface area contributed by atoms with E-state index in [1.54, 1.807) is 0 Å². The van der Waals surface area contributed by atoms with Crippen LogP contribution in [0.5, 0.6) is 11.5 Å². The Bertz CT molecular complexity index is 727. The molecule has 0 saturated carbocycles. The van der Waals surface area contributed by atoms with Gasteiger partial charge < -0.3 is 24.2 Å². The smallest absolute Gasteiger partial charge is 0.410 e. The molecule has 6 nitrogen and oxygen atoms in total. The van der Waals surface area contributed by atoms with Crippen LogP contribution in [0.3, 0.4) is 0 Å². The molecular weight excluding hydrogens is 358 g/mol. The summed E-state index contributed by atoms with van der Waals surface area (Å²) < 4.78 is 17.2. The fraction of sp³-hybridized carbons (Fsp3) is 0.682. The molecule has 1 N–H and O–H groups in total. The molecule has 1 aromatic rings. The number of piperidine rings is 2. The van der Waals surface area contributed by atoms with Gasteiger partial charge in [-0.3, -0.25) is 0 Å². The summed E-state index contributed by atoms with van der Waals surface area (Å²) in [4.78, 5) is 14.7. The summed E-state index contributed by atoms with van der Waals surface area (Å²) >= 11 is 0. The Morgan fingerprint density at radius 1 is 1.11 bits per heavy atom. The number of hydrogen-bond donors (Lipinski definition) is 1. The van der Waals surface area contributed by atoms with Gasteiger partial charge in [-0.15, -0.1) is 0 Å². The van der Waals surface area contributed by atoms with Crippen LogP contribution >= 0.6 is 0 Å². The fourth-order valence-corrected chi connectivity index (χ4v) is 4.73. The van der Waals surface area contributed by atoms with Crippen molar-refractivity contribution in [2.24, 2.45) is 0 Å². The third-order valence-corrected chi connectivity index (χ3v) is 5.90. The number of carbonyl (C=O) groups is 1. The second-order valence-electron chi connectivity index (χ2n) is 9.28. The molecule has 2 unspecified atom stereocenters. The van der Waals surface area contributed by atoms with Crippen LogP contribution in [0.25, 0.3) is 0 Å². The number of rotatable bonds is 1. The van der Waals surface area contributed by atoms with E-state index < -0.39 is 11.2 Å². The van der Waals surface area contributed by atoms with Crippen LogP contribution in [0.15, 0.2) is 18.2 Å². The summed E-state index contributed by atoms with van der Waals surface area (Å²) in [5.74, 6) is 1.43. The minimum atomic E-state index is -0.973. The quantitative estimate of drug-likeness (QED) is 0.787. The van der Waals surface area contributed by atoms with Crippen LogP contribution in [-0.2, 0) is 10.3 Å². The molecule has 1 aromatic carbocycles. The lowest BCUT2D eigenvalue weighted by Crippen LogP contribution is -2.59. The Morgan fingerprint density at radius 2 is 1.75 bits per heavy atom. The molecular formula is C22H31NO5. The van der Waals surface area contributed by atoms with Gasteiger partial charge in [-0.25, -0.2) is 4.79 Å². The van der Waals surface area contributed by atoms with Crippen molar-refractivity contribution in [1.29, 1.82) is 0 Å². The molecule has 0 aliphatic carbocycles. The molecule has 3 heterocycles. The predicted octanol–water partition coefficient (Wildman–Crippen LogP) is 3.99. The number of amides is 1. The molecule has 0 spiro atoms. The minimum absolute atomic E-state index is 0.0108. The SMILES string of the molecule is CC(C)(C)OC(=O)N1C2CCCC1CC(O)(c1ccc3c(c1)OCCCO3)C2. The van der Waals surface area contributed by atoms with E-state index in [4.69, 9.17) is 14.2 Å². The van der Waals surface area contributed by atoms with Crippen molar-refractivity contribution in [1.82, 2.24) is 4.90 Å². The number of carbonyl (C=O) groups excluding carboxylic acids is 1. The van der Waals surface area contributed by atoms with Crippen molar-refractivity contribution in [2.45, 2.75) is 82.6 Å². The maximum absolute atomic E-state index is 12.8. The Labute approximate surface area is 166 Å². The molecule has 0 aromatic heterocycles. The molecule has 4 rings (SSSR count). The van der Waals surface area contributed by atoms with Gasteiger partial charge in [0, 0.05) is 31.3 Å². The first kappa shape index (κ1) is 19.4. The van der Waals surface area contributed by atoms with E-state index in [-0.39, 0.29) is 18.2 Å². The summed E-state index contributed by atoms with van der Waals surface area (Å²) in [5, 5.41) is 11.6. The second-order valence-corrected chi connectivity index (χ2v) is 9.28. The number of aliphatic hydroxyl groups is 1. The van der Waals surface area contributed by atoms with E-state index >= 15 is 0 Å². The monoisotopic (exact) mass is 389 g/mol. The Kier molecular flexibility index (Phi) is 4.94. The number of benzene rings is 1. The molecule has 154 valence electrons. The van der Waals surface area contributed by atoms with Gasteiger partial charge in [-0.2, -0.15) is 0 Å². The second kappa shape index (κ2) is 7.14. The third-order valence-electron chi connectivity index (χ3n) is 5.90. The first-order valence-electron chi connectivity index (χ1n) is 10.4. The van der Waals surface area contributed by atoms with Crippen LogP contribution < -0.4 is 9.47 Å². The highest BCUT2D eigenvalue weighted by Crippen LogP contribution is 2.46. The average Bonchev–Trinajstić information content (AvgIpc) is 2.84. The topological polar surface area (TPSA) is 68.2 Å². The van der Waals surface area contributed by atoms with E-state index in [9.17, 15) is 9.90 Å². The van der Waals surface area contributed by atoms with Crippen molar-refractivity contribution in [2.75, 3.05) is 13.2 Å². The molecule has 2 saturated heterocycles. The number of nitrogens with zero attached hydrogens (tertiary/aromatic N) is 1. The van der Waals surface area contributed by atoms with Crippen LogP contribution in [0, 0.1) is 0 Å². The first-order valence-corrected chi connectivity index (χ1v) is 10.4. The lowest BCUT2D eigenvalue weighted by molar-refractivity contribution is -0.0966. The van der Waals surface area contributed by atoms with Gasteiger partial charge in [0.15, 0.2) is 11.5 Å². The van der Waals surface area contributed by atoms with E-state index in [1.165, 1.54) is 0 Å². The van der Waals surface area contributed by atoms with E-state index in [2.05, 4.69) is 0 Å². The number of fused-ring (bicyclic) bond motifs is 3. The highest BCUT2D eigenvalue weighted by atomic mass is 16.6. The maximum Gasteiger partial charge on any atom is 0.410 e. The van der Waals surface area contributed by atoms with Crippen molar-refractivity contribution in [3.8, 4) is 11.5 Å². The normalized spacial score (nSPS) is 29.8. The van der Waals surface area contributed by atoms with Crippen LogP contribution in [0.4, 0.5) is 4.79 Å². The Balaban J connectivity index is 1.58. The summed E-state index contributed by atoms with van der Waals surface area (Å²) in [6.07, 6.45) is 4.48. The first-order chi connectivity index (χ1) is 13.3. The van der Waals surface area contributed by atoms with Gasteiger partial charge in [-0.1, -0.05) is 6.07 Å². The minimum Gasteiger partial charge on any atom is -0.490 e. The number of ether oxygens (including phenoxy) is 3. The molecule has 6 heteroatoms. The summed E-state index contributed by atoms with van der Waals surface area (Å²) in [6, 6.07) is 5.72.